The van der Waals surface area contributed by atoms with Crippen LogP contribution in [0.2, 0.25) is 0 Å². The highest BCUT2D eigenvalue weighted by atomic mass is 16.2. The van der Waals surface area contributed by atoms with E-state index < -0.39 is 0 Å². The molecule has 2 aromatic carbocycles. The average molecular weight is 239 g/mol. The monoisotopic (exact) mass is 239 g/mol. The highest BCUT2D eigenvalue weighted by molar-refractivity contribution is 6.25. The van der Waals surface area contributed by atoms with E-state index in [1.54, 1.807) is 6.07 Å². The first kappa shape index (κ1) is 11.0. The fourth-order valence-electron chi connectivity index (χ4n) is 2.39. The second-order valence-corrected chi connectivity index (χ2v) is 4.91. The Bertz CT molecular complexity index is 686. The molecule has 0 atom stereocenters. The second kappa shape index (κ2) is 3.67. The third-order valence-electron chi connectivity index (χ3n) is 3.38. The maximum absolute atomic E-state index is 11.9. The van der Waals surface area contributed by atoms with Gasteiger partial charge in [0.05, 0.1) is 0 Å². The Morgan fingerprint density at radius 2 is 1.72 bits per heavy atom. The second-order valence-electron chi connectivity index (χ2n) is 4.91. The molecule has 1 aliphatic heterocycles. The van der Waals surface area contributed by atoms with Crippen molar-refractivity contribution in [2.75, 3.05) is 0 Å². The van der Waals surface area contributed by atoms with Crippen LogP contribution in [0.1, 0.15) is 46.0 Å². The molecule has 3 rings (SSSR count). The van der Waals surface area contributed by atoms with E-state index in [4.69, 9.17) is 0 Å². The SMILES string of the molecule is CC(C)c1cc2c3c(cccc3c1)C(=O)NC2=O. The topological polar surface area (TPSA) is 46.2 Å². The van der Waals surface area contributed by atoms with Gasteiger partial charge in [0.15, 0.2) is 0 Å². The number of hydrogen-bond acceptors (Lipinski definition) is 2. The summed E-state index contributed by atoms with van der Waals surface area (Å²) in [6, 6.07) is 9.49. The fourth-order valence-corrected chi connectivity index (χ4v) is 2.39. The molecule has 0 aromatic heterocycles. The summed E-state index contributed by atoms with van der Waals surface area (Å²) >= 11 is 0. The molecular formula is C15H13NO2. The lowest BCUT2D eigenvalue weighted by Gasteiger charge is -2.18. The quantitative estimate of drug-likeness (QED) is 0.778. The fraction of sp³-hybridized carbons (Fsp3) is 0.200. The van der Waals surface area contributed by atoms with Crippen LogP contribution in [0.3, 0.4) is 0 Å². The summed E-state index contributed by atoms with van der Waals surface area (Å²) in [6.07, 6.45) is 0. The third kappa shape index (κ3) is 1.44. The number of benzene rings is 2. The van der Waals surface area contributed by atoms with Gasteiger partial charge in [-0.3, -0.25) is 14.9 Å². The third-order valence-corrected chi connectivity index (χ3v) is 3.38. The Balaban J connectivity index is 2.44. The van der Waals surface area contributed by atoms with Gasteiger partial charge in [-0.05, 0) is 29.0 Å². The summed E-state index contributed by atoms with van der Waals surface area (Å²) in [5.74, 6) is -0.263. The van der Waals surface area contributed by atoms with Crippen molar-refractivity contribution in [1.82, 2.24) is 5.32 Å². The van der Waals surface area contributed by atoms with Crippen molar-refractivity contribution < 1.29 is 9.59 Å². The van der Waals surface area contributed by atoms with E-state index >= 15 is 0 Å². The molecule has 0 bridgehead atoms. The molecule has 2 amide bonds. The van der Waals surface area contributed by atoms with Gasteiger partial charge < -0.3 is 0 Å². The Kier molecular flexibility index (Phi) is 2.23. The van der Waals surface area contributed by atoms with Crippen LogP contribution in [0.4, 0.5) is 0 Å². The first-order valence-electron chi connectivity index (χ1n) is 6.00. The molecule has 1 heterocycles. The van der Waals surface area contributed by atoms with Gasteiger partial charge in [-0.25, -0.2) is 0 Å². The lowest BCUT2D eigenvalue weighted by atomic mass is 9.90. The molecule has 90 valence electrons. The average Bonchev–Trinajstić information content (AvgIpc) is 2.35. The van der Waals surface area contributed by atoms with Crippen LogP contribution in [0.25, 0.3) is 10.8 Å². The number of amides is 2. The van der Waals surface area contributed by atoms with Crippen LogP contribution < -0.4 is 5.32 Å². The van der Waals surface area contributed by atoms with Crippen LogP contribution in [-0.2, 0) is 0 Å². The van der Waals surface area contributed by atoms with Crippen LogP contribution >= 0.6 is 0 Å². The zero-order chi connectivity index (χ0) is 12.9. The zero-order valence-corrected chi connectivity index (χ0v) is 10.3. The molecule has 0 fully saturated rings. The highest BCUT2D eigenvalue weighted by Gasteiger charge is 2.25. The van der Waals surface area contributed by atoms with Gasteiger partial charge >= 0.3 is 0 Å². The van der Waals surface area contributed by atoms with E-state index in [1.165, 1.54) is 0 Å². The molecule has 2 aromatic rings. The van der Waals surface area contributed by atoms with E-state index in [0.717, 1.165) is 16.3 Å². The van der Waals surface area contributed by atoms with Gasteiger partial charge in [-0.15, -0.1) is 0 Å². The highest BCUT2D eigenvalue weighted by Crippen LogP contribution is 2.30. The minimum absolute atomic E-state index is 0.300. The maximum Gasteiger partial charge on any atom is 0.258 e. The normalized spacial score (nSPS) is 14.2. The van der Waals surface area contributed by atoms with Gasteiger partial charge in [-0.1, -0.05) is 32.0 Å². The Labute approximate surface area is 105 Å². The van der Waals surface area contributed by atoms with Crippen LogP contribution in [0.15, 0.2) is 30.3 Å². The summed E-state index contributed by atoms with van der Waals surface area (Å²) in [6.45, 7) is 4.17. The largest absolute Gasteiger partial charge is 0.288 e. The van der Waals surface area contributed by atoms with E-state index in [1.807, 2.05) is 18.2 Å². The summed E-state index contributed by atoms with van der Waals surface area (Å²) in [4.78, 5) is 23.7. The van der Waals surface area contributed by atoms with Crippen molar-refractivity contribution in [1.29, 1.82) is 0 Å². The molecule has 18 heavy (non-hydrogen) atoms. The molecule has 1 N–H and O–H groups in total. The summed E-state index contributed by atoms with van der Waals surface area (Å²) in [7, 11) is 0. The number of carbonyl (C=O) groups excluding carboxylic acids is 2. The van der Waals surface area contributed by atoms with Gasteiger partial charge in [0, 0.05) is 16.5 Å². The predicted octanol–water partition coefficient (Wildman–Crippen LogP) is 2.85. The lowest BCUT2D eigenvalue weighted by Crippen LogP contribution is -2.34. The van der Waals surface area contributed by atoms with Gasteiger partial charge in [-0.2, -0.15) is 0 Å². The molecule has 0 saturated heterocycles. The summed E-state index contributed by atoms with van der Waals surface area (Å²) < 4.78 is 0. The predicted molar refractivity (Wildman–Crippen MR) is 69.8 cm³/mol. The Morgan fingerprint density at radius 3 is 2.44 bits per heavy atom. The van der Waals surface area contributed by atoms with Crippen molar-refractivity contribution >= 4 is 22.6 Å². The molecule has 0 spiro atoms. The summed E-state index contributed by atoms with van der Waals surface area (Å²) in [5, 5.41) is 4.11. The van der Waals surface area contributed by atoms with Crippen LogP contribution in [-0.4, -0.2) is 11.8 Å². The van der Waals surface area contributed by atoms with Crippen molar-refractivity contribution in [2.45, 2.75) is 19.8 Å². The molecule has 0 aliphatic carbocycles. The van der Waals surface area contributed by atoms with Crippen molar-refractivity contribution in [3.63, 3.8) is 0 Å². The minimum atomic E-state index is -0.310. The van der Waals surface area contributed by atoms with E-state index in [2.05, 4.69) is 25.2 Å². The zero-order valence-electron chi connectivity index (χ0n) is 10.3. The summed E-state index contributed by atoms with van der Waals surface area (Å²) in [5.41, 5.74) is 2.29. The maximum atomic E-state index is 11.9. The Morgan fingerprint density at radius 1 is 1.00 bits per heavy atom. The van der Waals surface area contributed by atoms with Crippen molar-refractivity contribution in [3.05, 3.63) is 47.0 Å². The first-order chi connectivity index (χ1) is 8.58. The molecule has 3 nitrogen and oxygen atoms in total. The van der Waals surface area contributed by atoms with Crippen molar-refractivity contribution in [2.24, 2.45) is 0 Å². The molecule has 3 heteroatoms. The standard InChI is InChI=1S/C15H13NO2/c1-8(2)10-6-9-4-3-5-11-13(9)12(7-10)15(18)16-14(11)17/h3-8H,1-2H3,(H,16,17,18). The number of carbonyl (C=O) groups is 2. The molecule has 0 saturated carbocycles. The van der Waals surface area contributed by atoms with Crippen LogP contribution in [0.5, 0.6) is 0 Å². The number of rotatable bonds is 1. The Hall–Kier alpha value is -2.16. The minimum Gasteiger partial charge on any atom is -0.288 e. The van der Waals surface area contributed by atoms with E-state index in [0.29, 0.717) is 17.0 Å². The number of nitrogens with one attached hydrogen (secondary N) is 1. The van der Waals surface area contributed by atoms with E-state index in [-0.39, 0.29) is 11.8 Å². The van der Waals surface area contributed by atoms with Gasteiger partial charge in [0.2, 0.25) is 0 Å². The van der Waals surface area contributed by atoms with Crippen LogP contribution in [0, 0.1) is 0 Å². The smallest absolute Gasteiger partial charge is 0.258 e. The van der Waals surface area contributed by atoms with Crippen molar-refractivity contribution in [3.8, 4) is 0 Å². The van der Waals surface area contributed by atoms with Gasteiger partial charge in [0.25, 0.3) is 11.8 Å². The molecule has 0 unspecified atom stereocenters. The number of imide groups is 1. The number of hydrogen-bond donors (Lipinski definition) is 1. The first-order valence-corrected chi connectivity index (χ1v) is 6.00. The van der Waals surface area contributed by atoms with Gasteiger partial charge in [0.1, 0.15) is 0 Å². The molecule has 1 aliphatic rings. The lowest BCUT2D eigenvalue weighted by molar-refractivity contribution is 0.0845. The van der Waals surface area contributed by atoms with E-state index in [9.17, 15) is 9.59 Å². The molecular weight excluding hydrogens is 226 g/mol. The molecule has 0 radical (unpaired) electrons.